The van der Waals surface area contributed by atoms with Crippen LogP contribution in [0.4, 0.5) is 0 Å². The van der Waals surface area contributed by atoms with Gasteiger partial charge in [0.05, 0.1) is 31.2 Å². The number of ketones is 1. The monoisotopic (exact) mass is 734 g/mol. The van der Waals surface area contributed by atoms with Gasteiger partial charge in [-0.3, -0.25) is 9.59 Å². The molecule has 2 aliphatic carbocycles. The Morgan fingerprint density at radius 2 is 1.57 bits per heavy atom. The van der Waals surface area contributed by atoms with Crippen molar-refractivity contribution in [1.82, 2.24) is 0 Å². The largest absolute Gasteiger partial charge is 0.469 e. The van der Waals surface area contributed by atoms with Crippen molar-refractivity contribution in [3.05, 3.63) is 12.2 Å². The number of carbonyl (C=O) groups is 2. The zero-order valence-electron chi connectivity index (χ0n) is 34.4. The lowest BCUT2D eigenvalue weighted by atomic mass is 9.88. The Balaban J connectivity index is 2.61. The lowest BCUT2D eigenvalue weighted by molar-refractivity contribution is -0.145. The number of ether oxygens (including phenoxy) is 1. The molecule has 9 heteroatoms. The molecule has 0 aromatic carbocycles. The van der Waals surface area contributed by atoms with Crippen LogP contribution in [0.5, 0.6) is 0 Å². The fraction of sp³-hybridized carbons (Fsp3) is 0.850. The Labute approximate surface area is 305 Å². The van der Waals surface area contributed by atoms with Crippen LogP contribution in [-0.4, -0.2) is 62.1 Å². The van der Waals surface area contributed by atoms with Crippen molar-refractivity contribution in [2.75, 3.05) is 7.11 Å². The minimum atomic E-state index is -2.20. The van der Waals surface area contributed by atoms with Crippen molar-refractivity contribution in [3.63, 3.8) is 0 Å². The summed E-state index contributed by atoms with van der Waals surface area (Å²) in [6.07, 6.45) is 11.0. The Morgan fingerprint density at radius 3 is 2.10 bits per heavy atom. The van der Waals surface area contributed by atoms with E-state index in [1.807, 2.05) is 0 Å². The standard InChI is InChI=1S/C40H74O6Si3/c1-17-18-19-29(2)26-32(44-48(13,14)39(3,4)5)23-24-33-36(46-49(15,16)40(6,7)8)28-34(41)37(33)35(45-47(10,11)12)25-21-30-20-22-31(27-30)38(42)43-9/h23-24,29-33,35-37H,17-20,22,26-28H2,1-16H3/b24-23+/t29-,30+,31+,32+,33-,35?,36+,37+/m0/s1. The van der Waals surface area contributed by atoms with E-state index < -0.39 is 37.0 Å². The average Bonchev–Trinajstić information content (AvgIpc) is 3.54. The summed E-state index contributed by atoms with van der Waals surface area (Å²) >= 11 is 0. The quantitative estimate of drug-likeness (QED) is 0.0722. The first-order valence-electron chi connectivity index (χ1n) is 19.1. The van der Waals surface area contributed by atoms with Crippen LogP contribution in [0.15, 0.2) is 12.2 Å². The molecule has 6 nitrogen and oxygen atoms in total. The third-order valence-electron chi connectivity index (χ3n) is 11.6. The summed E-state index contributed by atoms with van der Waals surface area (Å²) in [5, 5.41) is 0.0995. The molecule has 2 aliphatic rings. The zero-order chi connectivity index (χ0) is 37.6. The van der Waals surface area contributed by atoms with Gasteiger partial charge in [0.15, 0.2) is 25.0 Å². The minimum absolute atomic E-state index is 0.0117. The number of Topliss-reactive ketones (excluding diaryl/α,β-unsaturated/α-hetero) is 1. The van der Waals surface area contributed by atoms with E-state index >= 15 is 0 Å². The number of hydrogen-bond donors (Lipinski definition) is 0. The molecule has 0 saturated heterocycles. The first kappa shape index (κ1) is 44.1. The van der Waals surface area contributed by atoms with Gasteiger partial charge in [0, 0.05) is 18.3 Å². The average molecular weight is 735 g/mol. The van der Waals surface area contributed by atoms with Crippen LogP contribution in [-0.2, 0) is 27.6 Å². The number of hydrogen-bond acceptors (Lipinski definition) is 6. The summed E-state index contributed by atoms with van der Waals surface area (Å²) in [5.41, 5.74) is 0. The molecule has 8 atom stereocenters. The van der Waals surface area contributed by atoms with Crippen LogP contribution in [0.1, 0.15) is 107 Å². The minimum Gasteiger partial charge on any atom is -0.469 e. The van der Waals surface area contributed by atoms with Crippen LogP contribution in [0.25, 0.3) is 0 Å². The normalized spacial score (nSPS) is 26.0. The van der Waals surface area contributed by atoms with Gasteiger partial charge >= 0.3 is 5.97 Å². The van der Waals surface area contributed by atoms with E-state index in [9.17, 15) is 9.59 Å². The van der Waals surface area contributed by atoms with Gasteiger partial charge in [0.2, 0.25) is 0 Å². The predicted molar refractivity (Wildman–Crippen MR) is 212 cm³/mol. The van der Waals surface area contributed by atoms with Gasteiger partial charge in [0.25, 0.3) is 0 Å². The molecule has 0 radical (unpaired) electrons. The van der Waals surface area contributed by atoms with Crippen LogP contribution >= 0.6 is 0 Å². The molecule has 2 saturated carbocycles. The van der Waals surface area contributed by atoms with E-state index in [2.05, 4.69) is 125 Å². The second-order valence-corrected chi connectivity index (χ2v) is 33.1. The molecule has 2 rings (SSSR count). The fourth-order valence-corrected chi connectivity index (χ4v) is 10.1. The molecule has 0 aromatic heterocycles. The number of carbonyl (C=O) groups excluding carboxylic acids is 2. The van der Waals surface area contributed by atoms with E-state index in [1.165, 1.54) is 26.4 Å². The summed E-state index contributed by atoms with van der Waals surface area (Å²) < 4.78 is 26.0. The SMILES string of the molecule is CCCC[C@H](C)C[C@@H](/C=C/[C@@H]1[C@@H](C(C#C[C@H]2CC[C@@H](C(=O)OC)C2)O[Si](C)(C)C)C(=O)C[C@H]1O[Si](C)(C)C(C)(C)C)O[Si](C)(C)C(C)(C)C. The Morgan fingerprint density at radius 1 is 0.959 bits per heavy atom. The number of esters is 1. The van der Waals surface area contributed by atoms with E-state index in [1.54, 1.807) is 0 Å². The molecule has 49 heavy (non-hydrogen) atoms. The molecular weight excluding hydrogens is 661 g/mol. The summed E-state index contributed by atoms with van der Waals surface area (Å²) in [4.78, 5) is 26.4. The van der Waals surface area contributed by atoms with Crippen molar-refractivity contribution in [2.45, 2.75) is 181 Å². The van der Waals surface area contributed by atoms with Crippen molar-refractivity contribution < 1.29 is 27.6 Å². The van der Waals surface area contributed by atoms with Gasteiger partial charge < -0.3 is 18.0 Å². The molecule has 282 valence electrons. The topological polar surface area (TPSA) is 71.1 Å². The van der Waals surface area contributed by atoms with E-state index in [0.717, 1.165) is 19.3 Å². The zero-order valence-corrected chi connectivity index (χ0v) is 37.4. The molecule has 2 fully saturated rings. The van der Waals surface area contributed by atoms with E-state index in [-0.39, 0.29) is 51.8 Å². The van der Waals surface area contributed by atoms with E-state index in [4.69, 9.17) is 18.0 Å². The lowest BCUT2D eigenvalue weighted by Gasteiger charge is -2.40. The number of methoxy groups -OCH3 is 1. The summed E-state index contributed by atoms with van der Waals surface area (Å²) in [5.74, 6) is 6.94. The van der Waals surface area contributed by atoms with Gasteiger partial charge in [0.1, 0.15) is 11.9 Å². The second kappa shape index (κ2) is 17.7. The molecule has 0 amide bonds. The van der Waals surface area contributed by atoms with Gasteiger partial charge in [-0.05, 0) is 87.5 Å². The van der Waals surface area contributed by atoms with Crippen molar-refractivity contribution >= 4 is 36.7 Å². The lowest BCUT2D eigenvalue weighted by Crippen LogP contribution is -2.46. The van der Waals surface area contributed by atoms with Crippen LogP contribution in [0, 0.1) is 41.4 Å². The van der Waals surface area contributed by atoms with Gasteiger partial charge in [-0.2, -0.15) is 0 Å². The van der Waals surface area contributed by atoms with E-state index in [0.29, 0.717) is 18.8 Å². The highest BCUT2D eigenvalue weighted by Gasteiger charge is 2.50. The summed E-state index contributed by atoms with van der Waals surface area (Å²) in [7, 11) is -4.91. The Bertz CT molecular complexity index is 1180. The van der Waals surface area contributed by atoms with Crippen LogP contribution < -0.4 is 0 Å². The third kappa shape index (κ3) is 13.2. The molecule has 0 spiro atoms. The summed E-state index contributed by atoms with van der Waals surface area (Å²) in [6.45, 7) is 34.0. The van der Waals surface area contributed by atoms with Crippen molar-refractivity contribution in [1.29, 1.82) is 0 Å². The first-order chi connectivity index (χ1) is 22.3. The molecular formula is C40H74O6Si3. The smallest absolute Gasteiger partial charge is 0.308 e. The van der Waals surface area contributed by atoms with Crippen LogP contribution in [0.3, 0.4) is 0 Å². The third-order valence-corrected chi connectivity index (χ3v) is 21.5. The maximum Gasteiger partial charge on any atom is 0.308 e. The highest BCUT2D eigenvalue weighted by molar-refractivity contribution is 6.74. The Kier molecular flexibility index (Phi) is 15.9. The fourth-order valence-electron chi connectivity index (χ4n) is 6.51. The van der Waals surface area contributed by atoms with Gasteiger partial charge in [-0.15, -0.1) is 0 Å². The summed E-state index contributed by atoms with van der Waals surface area (Å²) in [6, 6.07) is 0. The number of unbranched alkanes of at least 4 members (excludes halogenated alkanes) is 1. The second-order valence-electron chi connectivity index (χ2n) is 19.1. The molecule has 1 unspecified atom stereocenters. The Hall–Kier alpha value is -1.03. The first-order valence-corrected chi connectivity index (χ1v) is 28.4. The van der Waals surface area contributed by atoms with Gasteiger partial charge in [-0.1, -0.05) is 98.6 Å². The maximum atomic E-state index is 14.2. The molecule has 0 N–H and O–H groups in total. The highest BCUT2D eigenvalue weighted by Crippen LogP contribution is 2.44. The molecule has 0 aromatic rings. The molecule has 0 aliphatic heterocycles. The van der Waals surface area contributed by atoms with Crippen molar-refractivity contribution in [2.24, 2.45) is 29.6 Å². The highest BCUT2D eigenvalue weighted by atomic mass is 28.4. The number of rotatable bonds is 15. The molecule has 0 bridgehead atoms. The van der Waals surface area contributed by atoms with Crippen molar-refractivity contribution in [3.8, 4) is 11.8 Å². The maximum absolute atomic E-state index is 14.2. The predicted octanol–water partition coefficient (Wildman–Crippen LogP) is 10.6. The van der Waals surface area contributed by atoms with Crippen LogP contribution in [0.2, 0.25) is 55.9 Å². The van der Waals surface area contributed by atoms with Gasteiger partial charge in [-0.25, -0.2) is 0 Å². The molecule has 0 heterocycles.